The van der Waals surface area contributed by atoms with Crippen molar-refractivity contribution in [3.63, 3.8) is 0 Å². The summed E-state index contributed by atoms with van der Waals surface area (Å²) in [6.45, 7) is 4.03. The Labute approximate surface area is 174 Å². The zero-order chi connectivity index (χ0) is 20.4. The van der Waals surface area contributed by atoms with E-state index in [-0.39, 0.29) is 28.6 Å². The first-order valence-corrected chi connectivity index (χ1v) is 9.59. The molecule has 1 heterocycles. The molecule has 0 aliphatic heterocycles. The Balaban J connectivity index is 1.94. The minimum absolute atomic E-state index is 0.110. The average Bonchev–Trinajstić information content (AvgIpc) is 2.67. The highest BCUT2D eigenvalue weighted by molar-refractivity contribution is 9.10. The van der Waals surface area contributed by atoms with Gasteiger partial charge >= 0.3 is 0 Å². The number of hydrogen-bond donors (Lipinski definition) is 1. The smallest absolute Gasteiger partial charge is 0.262 e. The number of carbonyl (C=O) groups is 1. The fourth-order valence-electron chi connectivity index (χ4n) is 2.89. The lowest BCUT2D eigenvalue weighted by Gasteiger charge is -2.18. The summed E-state index contributed by atoms with van der Waals surface area (Å²) < 4.78 is 16.4. The molecule has 144 valence electrons. The highest BCUT2D eigenvalue weighted by atomic mass is 79.9. The Kier molecular flexibility index (Phi) is 5.90. The number of aromatic amines is 1. The van der Waals surface area contributed by atoms with Crippen molar-refractivity contribution in [2.24, 2.45) is 0 Å². The van der Waals surface area contributed by atoms with Gasteiger partial charge in [-0.2, -0.15) is 0 Å². The maximum Gasteiger partial charge on any atom is 0.262 e. The molecule has 28 heavy (non-hydrogen) atoms. The predicted molar refractivity (Wildman–Crippen MR) is 113 cm³/mol. The summed E-state index contributed by atoms with van der Waals surface area (Å²) in [5.74, 6) is -0.677. The van der Waals surface area contributed by atoms with E-state index >= 15 is 0 Å². The number of H-pyrrole nitrogens is 1. The number of carbonyl (C=O) groups excluding carboxylic acids is 1. The maximum absolute atomic E-state index is 14.0. The fourth-order valence-corrected chi connectivity index (χ4v) is 3.57. The molecular weight excluding hydrogens is 445 g/mol. The number of rotatable bonds is 5. The van der Waals surface area contributed by atoms with Crippen LogP contribution in [0.5, 0.6) is 0 Å². The minimum atomic E-state index is -0.381. The van der Waals surface area contributed by atoms with Gasteiger partial charge in [0.05, 0.1) is 10.9 Å². The number of aromatic nitrogens is 2. The second-order valence-corrected chi connectivity index (χ2v) is 7.59. The van der Waals surface area contributed by atoms with Crippen LogP contribution in [-0.4, -0.2) is 27.4 Å². The largest absolute Gasteiger partial charge is 0.337 e. The molecule has 0 bridgehead atoms. The molecule has 3 aromatic rings. The van der Waals surface area contributed by atoms with E-state index < -0.39 is 0 Å². The number of nitrogens with one attached hydrogen (secondary N) is 1. The van der Waals surface area contributed by atoms with Crippen molar-refractivity contribution in [3.05, 3.63) is 85.6 Å². The quantitative estimate of drug-likeness (QED) is 0.451. The molecule has 0 spiro atoms. The standard InChI is InChI=1S/C20H17BrFN3O2S/c1-3-8-25-19(27)15-6-4-12(10-17(15)23-20(25)28)18(26)24(2)11-13-9-14(21)5-7-16(13)22/h3-7,9-10H,1,8,11H2,2H3,(H,23,28). The summed E-state index contributed by atoms with van der Waals surface area (Å²) in [4.78, 5) is 29.7. The van der Waals surface area contributed by atoms with E-state index in [1.54, 1.807) is 43.5 Å². The molecule has 0 atom stereocenters. The first-order chi connectivity index (χ1) is 13.3. The molecule has 0 saturated carbocycles. The number of allylic oxidation sites excluding steroid dienone is 1. The van der Waals surface area contributed by atoms with Crippen molar-refractivity contribution in [2.75, 3.05) is 7.05 Å². The third kappa shape index (κ3) is 3.98. The van der Waals surface area contributed by atoms with Crippen LogP contribution < -0.4 is 5.56 Å². The number of benzene rings is 2. The van der Waals surface area contributed by atoms with E-state index in [0.29, 0.717) is 28.6 Å². The average molecular weight is 462 g/mol. The molecule has 1 amide bonds. The SMILES string of the molecule is C=CCn1c(=S)[nH]c2cc(C(=O)N(C)Cc3cc(Br)ccc3F)ccc2c1=O. The first kappa shape index (κ1) is 20.2. The molecule has 0 saturated heterocycles. The van der Waals surface area contributed by atoms with Gasteiger partial charge in [-0.15, -0.1) is 6.58 Å². The highest BCUT2D eigenvalue weighted by Crippen LogP contribution is 2.18. The van der Waals surface area contributed by atoms with Gasteiger partial charge in [0.15, 0.2) is 4.77 Å². The van der Waals surface area contributed by atoms with E-state index in [1.165, 1.54) is 15.5 Å². The van der Waals surface area contributed by atoms with Gasteiger partial charge in [-0.3, -0.25) is 14.2 Å². The third-order valence-electron chi connectivity index (χ3n) is 4.30. The molecule has 0 fully saturated rings. The Morgan fingerprint density at radius 1 is 1.36 bits per heavy atom. The Morgan fingerprint density at radius 2 is 2.11 bits per heavy atom. The second-order valence-electron chi connectivity index (χ2n) is 6.29. The molecule has 5 nitrogen and oxygen atoms in total. The molecule has 1 N–H and O–H groups in total. The topological polar surface area (TPSA) is 58.1 Å². The Hall–Kier alpha value is -2.58. The number of halogens is 2. The summed E-state index contributed by atoms with van der Waals surface area (Å²) in [5, 5.41) is 0.424. The van der Waals surface area contributed by atoms with E-state index in [2.05, 4.69) is 27.5 Å². The number of nitrogens with zero attached hydrogens (tertiary/aromatic N) is 2. The molecule has 1 aromatic heterocycles. The lowest BCUT2D eigenvalue weighted by atomic mass is 10.1. The second kappa shape index (κ2) is 8.20. The van der Waals surface area contributed by atoms with Gasteiger partial charge < -0.3 is 9.88 Å². The minimum Gasteiger partial charge on any atom is -0.337 e. The molecular formula is C20H17BrFN3O2S. The van der Waals surface area contributed by atoms with Gasteiger partial charge in [-0.05, 0) is 48.6 Å². The maximum atomic E-state index is 14.0. The zero-order valence-corrected chi connectivity index (χ0v) is 17.4. The van der Waals surface area contributed by atoms with Gasteiger partial charge in [0, 0.05) is 35.7 Å². The van der Waals surface area contributed by atoms with Gasteiger partial charge in [0.1, 0.15) is 5.82 Å². The molecule has 8 heteroatoms. The molecule has 3 rings (SSSR count). The van der Waals surface area contributed by atoms with Gasteiger partial charge in [0.25, 0.3) is 11.5 Å². The van der Waals surface area contributed by atoms with Crippen LogP contribution in [0.1, 0.15) is 15.9 Å². The van der Waals surface area contributed by atoms with Crippen molar-refractivity contribution in [2.45, 2.75) is 13.1 Å². The molecule has 0 aliphatic carbocycles. The molecule has 0 aliphatic rings. The van der Waals surface area contributed by atoms with Crippen molar-refractivity contribution in [1.29, 1.82) is 0 Å². The summed E-state index contributed by atoms with van der Waals surface area (Å²) in [6.07, 6.45) is 1.59. The van der Waals surface area contributed by atoms with Crippen molar-refractivity contribution in [1.82, 2.24) is 14.5 Å². The normalized spacial score (nSPS) is 10.8. The summed E-state index contributed by atoms with van der Waals surface area (Å²) in [6, 6.07) is 9.34. The lowest BCUT2D eigenvalue weighted by molar-refractivity contribution is 0.0784. The summed E-state index contributed by atoms with van der Waals surface area (Å²) >= 11 is 8.53. The van der Waals surface area contributed by atoms with E-state index in [0.717, 1.165) is 4.47 Å². The van der Waals surface area contributed by atoms with Gasteiger partial charge in [-0.25, -0.2) is 4.39 Å². The fraction of sp³-hybridized carbons (Fsp3) is 0.150. The van der Waals surface area contributed by atoms with Gasteiger partial charge in [0.2, 0.25) is 0 Å². The number of amides is 1. The van der Waals surface area contributed by atoms with E-state index in [1.807, 2.05) is 0 Å². The number of hydrogen-bond acceptors (Lipinski definition) is 3. The molecule has 0 radical (unpaired) electrons. The number of fused-ring (bicyclic) bond motifs is 1. The van der Waals surface area contributed by atoms with E-state index in [4.69, 9.17) is 12.2 Å². The van der Waals surface area contributed by atoms with Crippen LogP contribution in [0.25, 0.3) is 10.9 Å². The van der Waals surface area contributed by atoms with Crippen LogP contribution >= 0.6 is 28.1 Å². The van der Waals surface area contributed by atoms with Crippen LogP contribution in [0.3, 0.4) is 0 Å². The van der Waals surface area contributed by atoms with Crippen molar-refractivity contribution in [3.8, 4) is 0 Å². The van der Waals surface area contributed by atoms with Crippen molar-refractivity contribution < 1.29 is 9.18 Å². The highest BCUT2D eigenvalue weighted by Gasteiger charge is 2.16. The van der Waals surface area contributed by atoms with Crippen LogP contribution in [-0.2, 0) is 13.1 Å². The summed E-state index contributed by atoms with van der Waals surface area (Å²) in [5.41, 5.74) is 1.00. The Morgan fingerprint density at radius 3 is 2.82 bits per heavy atom. The molecule has 2 aromatic carbocycles. The molecule has 0 unspecified atom stereocenters. The first-order valence-electron chi connectivity index (χ1n) is 8.39. The summed E-state index contributed by atoms with van der Waals surface area (Å²) in [7, 11) is 1.59. The Bertz CT molecular complexity index is 1200. The van der Waals surface area contributed by atoms with Crippen LogP contribution in [0.4, 0.5) is 4.39 Å². The lowest BCUT2D eigenvalue weighted by Crippen LogP contribution is -2.27. The predicted octanol–water partition coefficient (Wildman–Crippen LogP) is 4.42. The van der Waals surface area contributed by atoms with Crippen molar-refractivity contribution >= 4 is 45.0 Å². The monoisotopic (exact) mass is 461 g/mol. The van der Waals surface area contributed by atoms with Crippen LogP contribution in [0, 0.1) is 10.6 Å². The van der Waals surface area contributed by atoms with Crippen LogP contribution in [0.2, 0.25) is 0 Å². The zero-order valence-electron chi connectivity index (χ0n) is 15.0. The van der Waals surface area contributed by atoms with Crippen LogP contribution in [0.15, 0.2) is 58.3 Å². The van der Waals surface area contributed by atoms with E-state index in [9.17, 15) is 14.0 Å². The van der Waals surface area contributed by atoms with Gasteiger partial charge in [-0.1, -0.05) is 22.0 Å². The third-order valence-corrected chi connectivity index (χ3v) is 5.12.